The second-order valence-corrected chi connectivity index (χ2v) is 5.04. The third-order valence-corrected chi connectivity index (χ3v) is 3.32. The molecule has 0 saturated heterocycles. The fourth-order valence-corrected chi connectivity index (χ4v) is 2.17. The molecule has 0 rings (SSSR count). The molecule has 0 bridgehead atoms. The van der Waals surface area contributed by atoms with E-state index in [4.69, 9.17) is 5.73 Å². The van der Waals surface area contributed by atoms with Crippen LogP contribution >= 0.6 is 0 Å². The third-order valence-electron chi connectivity index (χ3n) is 0.881. The van der Waals surface area contributed by atoms with Crippen molar-refractivity contribution in [2.75, 3.05) is 19.1 Å². The van der Waals surface area contributed by atoms with E-state index in [1.54, 1.807) is 12.5 Å². The van der Waals surface area contributed by atoms with Gasteiger partial charge in [0.25, 0.3) is 0 Å². The van der Waals surface area contributed by atoms with Crippen LogP contribution in [0.5, 0.6) is 0 Å². The molecule has 0 unspecified atom stereocenters. The summed E-state index contributed by atoms with van der Waals surface area (Å²) in [6.07, 6.45) is 5.80. The molecule has 0 saturated carbocycles. The van der Waals surface area contributed by atoms with Crippen LogP contribution in [0.25, 0.3) is 0 Å². The van der Waals surface area contributed by atoms with Gasteiger partial charge in [-0.15, -0.1) is 0 Å². The average molecular weight is 300 g/mol. The van der Waals surface area contributed by atoms with Gasteiger partial charge in [0, 0.05) is 0 Å². The average Bonchev–Trinajstić information content (AvgIpc) is 2.13. The number of nitrogens with two attached hydrogens (primary N) is 1. The van der Waals surface area contributed by atoms with Gasteiger partial charge in [0.15, 0.2) is 0 Å². The zero-order valence-corrected chi connectivity index (χ0v) is 12.2. The first-order chi connectivity index (χ1) is 5.41. The van der Waals surface area contributed by atoms with Gasteiger partial charge in [-0.25, -0.2) is 0 Å². The summed E-state index contributed by atoms with van der Waals surface area (Å²) in [6.45, 7) is 0.888. The summed E-state index contributed by atoms with van der Waals surface area (Å²) < 4.78 is 1.51. The molecule has 0 aliphatic carbocycles. The molecule has 2 N–H and O–H groups in total. The standard InChI is InChI=1S/C4H10N.2CH4S.CH3.Sn/c1-2-3-4-5;2*1-2;;/h1-5H2;2*2H,1H3;1H3;/q;;;;+2/p-2. The van der Waals surface area contributed by atoms with E-state index in [1.807, 2.05) is 0 Å². The minimum absolute atomic E-state index is 0.121. The number of unbranched alkanes of at least 4 members (excludes halogenated alkanes) is 1. The van der Waals surface area contributed by atoms with E-state index in [-0.39, 0.29) is 21.1 Å². The molecule has 0 amide bonds. The number of rotatable bonds is 4. The maximum absolute atomic E-state index is 5.29. The van der Waals surface area contributed by atoms with Crippen LogP contribution in [0, 0.1) is 0 Å². The van der Waals surface area contributed by atoms with Gasteiger partial charge in [-0.1, -0.05) is 0 Å². The molecule has 0 atom stereocenters. The first-order valence-corrected chi connectivity index (χ1v) is 10.1. The van der Waals surface area contributed by atoms with Gasteiger partial charge in [0.05, 0.1) is 0 Å². The van der Waals surface area contributed by atoms with Crippen molar-refractivity contribution in [2.24, 2.45) is 5.73 Å². The van der Waals surface area contributed by atoms with Crippen LogP contribution in [0.3, 0.4) is 0 Å². The Kier molecular flexibility index (Phi) is 49.9. The van der Waals surface area contributed by atoms with Crippen LogP contribution in [0.15, 0.2) is 0 Å². The Bertz CT molecular complexity index is 35.6. The molecular weight excluding hydrogens is 281 g/mol. The normalized spacial score (nSPS) is 6.36. The molecule has 0 fully saturated rings. The van der Waals surface area contributed by atoms with Crippen molar-refractivity contribution >= 4 is 46.4 Å². The first-order valence-electron chi connectivity index (χ1n) is 3.58. The number of hydrogen-bond donors (Lipinski definition) is 1. The van der Waals surface area contributed by atoms with E-state index in [9.17, 15) is 0 Å². The fourth-order valence-electron chi connectivity index (χ4n) is 0.446. The monoisotopic (exact) mass is 301 g/mol. The summed E-state index contributed by atoms with van der Waals surface area (Å²) in [5.41, 5.74) is 5.29. The molecule has 0 aliphatic heterocycles. The second kappa shape index (κ2) is 30.0. The van der Waals surface area contributed by atoms with E-state index in [0.717, 1.165) is 6.54 Å². The van der Waals surface area contributed by atoms with Crippen molar-refractivity contribution in [3.8, 4) is 0 Å². The summed E-state index contributed by atoms with van der Waals surface area (Å²) >= 11 is 8.29. The molecular formula is C7H19NS2Sn. The van der Waals surface area contributed by atoms with E-state index in [1.165, 1.54) is 17.3 Å². The van der Waals surface area contributed by atoms with Crippen molar-refractivity contribution in [3.05, 3.63) is 0 Å². The summed E-state index contributed by atoms with van der Waals surface area (Å²) in [4.78, 5) is 2.37. The van der Waals surface area contributed by atoms with E-state index < -0.39 is 0 Å². The van der Waals surface area contributed by atoms with Crippen LogP contribution in [0.4, 0.5) is 0 Å². The summed E-state index contributed by atoms with van der Waals surface area (Å²) in [5.74, 6) is 0. The molecule has 0 aromatic rings. The van der Waals surface area contributed by atoms with Gasteiger partial charge in [0.1, 0.15) is 0 Å². The quantitative estimate of drug-likeness (QED) is 0.480. The van der Waals surface area contributed by atoms with Crippen LogP contribution in [0.2, 0.25) is 9.38 Å². The Morgan fingerprint density at radius 2 is 1.55 bits per heavy atom. The zero-order chi connectivity index (χ0) is 9.54. The van der Waals surface area contributed by atoms with Crippen molar-refractivity contribution in [1.82, 2.24) is 0 Å². The predicted octanol–water partition coefficient (Wildman–Crippen LogP) is 1.22. The molecule has 4 heteroatoms. The Balaban J connectivity index is -0.000000138. The van der Waals surface area contributed by atoms with Crippen LogP contribution in [0.1, 0.15) is 12.8 Å². The molecule has 0 radical (unpaired) electrons. The topological polar surface area (TPSA) is 26.0 Å². The van der Waals surface area contributed by atoms with Gasteiger partial charge in [-0.05, 0) is 0 Å². The minimum atomic E-state index is 0.121. The fraction of sp³-hybridized carbons (Fsp3) is 1.00. The maximum atomic E-state index is 5.29. The van der Waals surface area contributed by atoms with Crippen LogP contribution in [-0.4, -0.2) is 40.2 Å². The van der Waals surface area contributed by atoms with Crippen molar-refractivity contribution < 1.29 is 0 Å². The van der Waals surface area contributed by atoms with Crippen molar-refractivity contribution in [2.45, 2.75) is 22.2 Å². The van der Waals surface area contributed by atoms with E-state index in [2.05, 4.69) is 30.2 Å². The predicted molar refractivity (Wildman–Crippen MR) is 61.3 cm³/mol. The molecule has 0 aromatic carbocycles. The molecule has 0 spiro atoms. The van der Waals surface area contributed by atoms with Crippen molar-refractivity contribution in [3.63, 3.8) is 0 Å². The van der Waals surface area contributed by atoms with Crippen LogP contribution < -0.4 is 5.73 Å². The number of hydrogen-bond acceptors (Lipinski definition) is 3. The van der Waals surface area contributed by atoms with Crippen molar-refractivity contribution in [1.29, 1.82) is 0 Å². The van der Waals surface area contributed by atoms with Gasteiger partial charge in [-0.2, -0.15) is 12.5 Å². The SMILES string of the molecule is C[S-].C[S-].[CH3][Sn+2][CH2]CCCN. The second-order valence-electron chi connectivity index (χ2n) is 1.60. The van der Waals surface area contributed by atoms with Crippen LogP contribution in [-0.2, 0) is 25.3 Å². The van der Waals surface area contributed by atoms with E-state index in [0.29, 0.717) is 0 Å². The van der Waals surface area contributed by atoms with Gasteiger partial charge in [-0.3, -0.25) is 0 Å². The Morgan fingerprint density at radius 1 is 1.09 bits per heavy atom. The third kappa shape index (κ3) is 34.4. The van der Waals surface area contributed by atoms with Gasteiger partial charge < -0.3 is 25.3 Å². The molecule has 0 aliphatic rings. The summed E-state index contributed by atoms with van der Waals surface area (Å²) in [5, 5.41) is 0. The Labute approximate surface area is 92.9 Å². The van der Waals surface area contributed by atoms with E-state index >= 15 is 0 Å². The first kappa shape index (κ1) is 18.3. The van der Waals surface area contributed by atoms with Gasteiger partial charge >= 0.3 is 55.6 Å². The molecule has 68 valence electrons. The molecule has 11 heavy (non-hydrogen) atoms. The summed E-state index contributed by atoms with van der Waals surface area (Å²) in [7, 11) is 0. The molecule has 0 heterocycles. The Hall–Kier alpha value is 1.46. The zero-order valence-electron chi connectivity index (χ0n) is 7.72. The Morgan fingerprint density at radius 3 is 1.82 bits per heavy atom. The van der Waals surface area contributed by atoms with Gasteiger partial charge in [0.2, 0.25) is 0 Å². The summed E-state index contributed by atoms with van der Waals surface area (Å²) in [6, 6.07) is 0. The molecule has 1 nitrogen and oxygen atoms in total. The molecule has 0 aromatic heterocycles.